The number of aliphatic hydroxyl groups is 2. The zero-order valence-electron chi connectivity index (χ0n) is 24.3. The lowest BCUT2D eigenvalue weighted by molar-refractivity contribution is -0.208. The van der Waals surface area contributed by atoms with Crippen LogP contribution in [0.5, 0.6) is 0 Å². The van der Waals surface area contributed by atoms with E-state index in [2.05, 4.69) is 56.8 Å². The second kappa shape index (κ2) is 16.1. The molecule has 1 unspecified atom stereocenters. The van der Waals surface area contributed by atoms with E-state index in [1.165, 1.54) is 22.4 Å². The first-order chi connectivity index (χ1) is 17.0. The number of rotatable bonds is 3. The molecule has 6 rings (SSSR count). The number of hydrogen-bond donors (Lipinski definition) is 2. The minimum Gasteiger partial charge on any atom is -0.385 e. The van der Waals surface area contributed by atoms with Gasteiger partial charge in [0.2, 0.25) is 0 Å². The predicted molar refractivity (Wildman–Crippen MR) is 209 cm³/mol. The number of fused-ring (bicyclic) bond motifs is 4. The summed E-state index contributed by atoms with van der Waals surface area (Å²) in [5.41, 5.74) is 4.10. The Morgan fingerprint density at radius 1 is 0.907 bits per heavy atom. The fourth-order valence-corrected chi connectivity index (χ4v) is 10.7. The monoisotopic (exact) mass is 694 g/mol. The molecule has 7 atom stereocenters. The molecule has 1 saturated heterocycles. The van der Waals surface area contributed by atoms with Crippen LogP contribution in [0.25, 0.3) is 0 Å². The predicted octanol–water partition coefficient (Wildman–Crippen LogP) is 7.00. The molecule has 5 aliphatic rings. The molecule has 0 aromatic heterocycles. The fraction of sp³-hybridized carbons (Fsp3) is 0.750. The highest BCUT2D eigenvalue weighted by atomic mass is 32.1. The van der Waals surface area contributed by atoms with Crippen LogP contribution >= 0.6 is 61.8 Å². The second-order valence-electron chi connectivity index (χ2n) is 12.7. The third-order valence-electron chi connectivity index (χ3n) is 10.8. The minimum atomic E-state index is -1.40. The van der Waals surface area contributed by atoms with Crippen LogP contribution in [0.2, 0.25) is 0 Å². The summed E-state index contributed by atoms with van der Waals surface area (Å²) in [5, 5.41) is 23.4. The first-order valence-corrected chi connectivity index (χ1v) is 15.9. The topological polar surface area (TPSA) is 62.2 Å². The average Bonchev–Trinajstić information content (AvgIpc) is 3.40. The summed E-state index contributed by atoms with van der Waals surface area (Å²) < 4.78 is 12.1. The SMILES string of the molecule is C.C.C.S.S.S.S.[B][PH+](C)[C@]1(O)CC[C@H]2[C@@H]3CC[C@@]4(O)CC5(CCC4=C3[C@@H](c3ccc(N(C)C)cc3)C[C@@]21C)OCCO5. The molecule has 1 spiro atoms. The largest absolute Gasteiger partial charge is 0.385 e. The van der Waals surface area contributed by atoms with Crippen molar-refractivity contribution in [1.82, 2.24) is 0 Å². The van der Waals surface area contributed by atoms with Crippen LogP contribution < -0.4 is 4.90 Å². The molecule has 1 aromatic rings. The van der Waals surface area contributed by atoms with Gasteiger partial charge in [-0.1, -0.05) is 46.9 Å². The van der Waals surface area contributed by atoms with E-state index in [1.54, 1.807) is 0 Å². The van der Waals surface area contributed by atoms with Crippen LogP contribution in [0.4, 0.5) is 5.69 Å². The van der Waals surface area contributed by atoms with E-state index in [-0.39, 0.29) is 87.6 Å². The molecular formula is C32H62BNO4PS4+. The molecule has 1 aliphatic heterocycles. The van der Waals surface area contributed by atoms with E-state index >= 15 is 0 Å². The molecule has 5 nitrogen and oxygen atoms in total. The van der Waals surface area contributed by atoms with Crippen molar-refractivity contribution in [3.05, 3.63) is 41.0 Å². The van der Waals surface area contributed by atoms with Gasteiger partial charge in [0.15, 0.2) is 11.1 Å². The van der Waals surface area contributed by atoms with Gasteiger partial charge >= 0.3 is 7.57 Å². The van der Waals surface area contributed by atoms with E-state index in [9.17, 15) is 10.2 Å². The minimum absolute atomic E-state index is 0. The number of ether oxygens (including phenoxy) is 2. The van der Waals surface area contributed by atoms with E-state index in [0.29, 0.717) is 31.5 Å². The van der Waals surface area contributed by atoms with E-state index in [0.717, 1.165) is 44.9 Å². The molecule has 43 heavy (non-hydrogen) atoms. The van der Waals surface area contributed by atoms with Gasteiger partial charge in [-0.2, -0.15) is 54.0 Å². The first-order valence-electron chi connectivity index (χ1n) is 13.8. The third-order valence-corrected chi connectivity index (χ3v) is 13.0. The molecule has 11 heteroatoms. The van der Waals surface area contributed by atoms with Gasteiger partial charge in [0.05, 0.1) is 18.8 Å². The van der Waals surface area contributed by atoms with Gasteiger partial charge in [-0.05, 0) is 75.0 Å². The molecule has 4 fully saturated rings. The molecule has 250 valence electrons. The Labute approximate surface area is 293 Å². The zero-order chi connectivity index (χ0) is 25.5. The van der Waals surface area contributed by atoms with Crippen molar-refractivity contribution in [2.75, 3.05) is 38.9 Å². The van der Waals surface area contributed by atoms with E-state index in [1.807, 2.05) is 0 Å². The molecule has 4 aliphatic carbocycles. The summed E-state index contributed by atoms with van der Waals surface area (Å²) >= 11 is 0. The van der Waals surface area contributed by atoms with Crippen LogP contribution in [-0.4, -0.2) is 68.5 Å². The standard InChI is InChI=1S/C29H42BNO4P.3CH4.4H2S/c1-26-17-22(19-5-7-20(8-6-19)31(2)3)25-21(23(26)11-14-29(26,33)36(4)30)9-12-27(32)18-28(13-10-24(25)27)34-15-16-35-28;;;;;;;/h5-8,21-23,32-33,36H,9-18H2,1-4H3;3*1H4;4*1H2/q+1;;;;;;;/t21-,22+,23-,26-,27+,29+;;;;;;;/m0......./s1. The summed E-state index contributed by atoms with van der Waals surface area (Å²) in [7, 11) is 9.33. The van der Waals surface area contributed by atoms with Crippen molar-refractivity contribution < 1.29 is 19.7 Å². The van der Waals surface area contributed by atoms with E-state index in [4.69, 9.17) is 17.0 Å². The number of anilines is 1. The summed E-state index contributed by atoms with van der Waals surface area (Å²) in [4.78, 5) is 2.13. The lowest BCUT2D eigenvalue weighted by Crippen LogP contribution is -2.55. The lowest BCUT2D eigenvalue weighted by atomic mass is 9.51. The van der Waals surface area contributed by atoms with Gasteiger partial charge in [-0.3, -0.25) is 0 Å². The fourth-order valence-electron chi connectivity index (χ4n) is 8.97. The lowest BCUT2D eigenvalue weighted by Gasteiger charge is -2.57. The smallest absolute Gasteiger partial charge is 0.365 e. The molecule has 2 N–H and O–H groups in total. The molecule has 1 heterocycles. The van der Waals surface area contributed by atoms with Crippen LogP contribution in [0, 0.1) is 17.3 Å². The van der Waals surface area contributed by atoms with Crippen LogP contribution in [0.1, 0.15) is 92.1 Å². The normalized spacial score (nSPS) is 35.3. The van der Waals surface area contributed by atoms with E-state index < -0.39 is 24.5 Å². The van der Waals surface area contributed by atoms with Crippen molar-refractivity contribution >= 4 is 75.0 Å². The van der Waals surface area contributed by atoms with Gasteiger partial charge in [0.25, 0.3) is 0 Å². The van der Waals surface area contributed by atoms with Gasteiger partial charge in [0.1, 0.15) is 0 Å². The molecule has 2 radical (unpaired) electrons. The van der Waals surface area contributed by atoms with Crippen LogP contribution in [0.3, 0.4) is 0 Å². The van der Waals surface area contributed by atoms with Crippen LogP contribution in [0.15, 0.2) is 35.4 Å². The average molecular weight is 695 g/mol. The number of hydrogen-bond acceptors (Lipinski definition) is 5. The van der Waals surface area contributed by atoms with Crippen LogP contribution in [-0.2, 0) is 9.47 Å². The summed E-state index contributed by atoms with van der Waals surface area (Å²) in [6.07, 6.45) is 6.57. The van der Waals surface area contributed by atoms with Crippen molar-refractivity contribution in [1.29, 1.82) is 0 Å². The van der Waals surface area contributed by atoms with Gasteiger partial charge in [-0.15, -0.1) is 0 Å². The highest BCUT2D eigenvalue weighted by molar-refractivity contribution is 7.82. The second-order valence-corrected chi connectivity index (χ2v) is 14.9. The Hall–Kier alpha value is 0.495. The Bertz CT molecular complexity index is 1070. The molecule has 0 amide bonds. The summed E-state index contributed by atoms with van der Waals surface area (Å²) in [5.74, 6) is 0.349. The molecule has 1 aromatic carbocycles. The zero-order valence-corrected chi connectivity index (χ0v) is 29.3. The maximum Gasteiger partial charge on any atom is 0.365 e. The van der Waals surface area contributed by atoms with Crippen molar-refractivity contribution in [3.63, 3.8) is 0 Å². The highest BCUT2D eigenvalue weighted by Crippen LogP contribution is 2.72. The molecule has 3 saturated carbocycles. The highest BCUT2D eigenvalue weighted by Gasteiger charge is 2.67. The Morgan fingerprint density at radius 2 is 1.49 bits per heavy atom. The summed E-state index contributed by atoms with van der Waals surface area (Å²) in [6.45, 7) is 5.63. The maximum atomic E-state index is 12.1. The summed E-state index contributed by atoms with van der Waals surface area (Å²) in [6, 6.07) is 8.94. The number of allylic oxidation sites excluding steroid dienone is 1. The Morgan fingerprint density at radius 3 is 2.02 bits per heavy atom. The molecule has 0 bridgehead atoms. The van der Waals surface area contributed by atoms with Gasteiger partial charge in [-0.25, -0.2) is 0 Å². The first kappa shape index (κ1) is 45.6. The Balaban J connectivity index is 0. The molecular weight excluding hydrogens is 632 g/mol. The quantitative estimate of drug-likeness (QED) is 0.203. The van der Waals surface area contributed by atoms with Gasteiger partial charge < -0.3 is 24.6 Å². The number of nitrogens with zero attached hydrogens (tertiary/aromatic N) is 1. The van der Waals surface area contributed by atoms with Crippen molar-refractivity contribution in [3.8, 4) is 0 Å². The Kier molecular flexibility index (Phi) is 17.0. The third kappa shape index (κ3) is 7.04. The maximum absolute atomic E-state index is 12.1. The number of benzene rings is 1. The van der Waals surface area contributed by atoms with Gasteiger partial charge in [0, 0.05) is 57.0 Å². The van der Waals surface area contributed by atoms with Crippen molar-refractivity contribution in [2.45, 2.75) is 103 Å². The van der Waals surface area contributed by atoms with Crippen molar-refractivity contribution in [2.24, 2.45) is 17.3 Å².